The molecule has 0 amide bonds. The molecule has 0 saturated heterocycles. The van der Waals surface area contributed by atoms with Crippen LogP contribution in [0.15, 0.2) is 28.7 Å². The van der Waals surface area contributed by atoms with Crippen LogP contribution in [0.5, 0.6) is 0 Å². The van der Waals surface area contributed by atoms with Crippen molar-refractivity contribution in [3.63, 3.8) is 0 Å². The van der Waals surface area contributed by atoms with Crippen LogP contribution in [0, 0.1) is 5.92 Å². The molecule has 5 heteroatoms. The van der Waals surface area contributed by atoms with E-state index >= 15 is 0 Å². The smallest absolute Gasteiger partial charge is 0.147 e. The Morgan fingerprint density at radius 2 is 1.89 bits per heavy atom. The summed E-state index contributed by atoms with van der Waals surface area (Å²) < 4.78 is 23.1. The highest BCUT2D eigenvalue weighted by molar-refractivity contribution is 9.10. The summed E-state index contributed by atoms with van der Waals surface area (Å²) in [5.41, 5.74) is 1.16. The van der Waals surface area contributed by atoms with Gasteiger partial charge < -0.3 is 5.11 Å². The molecule has 0 heterocycles. The first-order valence-corrected chi connectivity index (χ1v) is 8.79. The summed E-state index contributed by atoms with van der Waals surface area (Å²) in [5.74, 6) is 0.331. The highest BCUT2D eigenvalue weighted by atomic mass is 79.9. The summed E-state index contributed by atoms with van der Waals surface area (Å²) in [6.45, 7) is 0.0970. The molecule has 0 radical (unpaired) electrons. The predicted octanol–water partition coefficient (Wildman–Crippen LogP) is 2.42. The first kappa shape index (κ1) is 15.7. The van der Waals surface area contributed by atoms with Crippen LogP contribution in [0.4, 0.5) is 0 Å². The molecule has 0 aliphatic rings. The molecule has 0 aliphatic carbocycles. The molecule has 1 unspecified atom stereocenters. The van der Waals surface area contributed by atoms with Gasteiger partial charge in [-0.3, -0.25) is 0 Å². The molecule has 1 N–H and O–H groups in total. The molecule has 3 nitrogen and oxygen atoms in total. The van der Waals surface area contributed by atoms with Gasteiger partial charge in [-0.05, 0) is 42.9 Å². The molecule has 1 atom stereocenters. The van der Waals surface area contributed by atoms with Gasteiger partial charge in [0.2, 0.25) is 0 Å². The van der Waals surface area contributed by atoms with E-state index in [9.17, 15) is 13.5 Å². The number of hydrogen-bond donors (Lipinski definition) is 1. The van der Waals surface area contributed by atoms with E-state index in [1.165, 1.54) is 6.26 Å². The van der Waals surface area contributed by atoms with Gasteiger partial charge in [-0.15, -0.1) is 0 Å². The van der Waals surface area contributed by atoms with Gasteiger partial charge in [0.15, 0.2) is 0 Å². The normalized spacial score (nSPS) is 13.5. The van der Waals surface area contributed by atoms with Crippen molar-refractivity contribution in [2.45, 2.75) is 19.3 Å². The molecule has 1 rings (SSSR count). The molecular weight excluding hydrogens is 316 g/mol. The average Bonchev–Trinajstić information content (AvgIpc) is 2.29. The second kappa shape index (κ2) is 7.26. The molecule has 102 valence electrons. The zero-order chi connectivity index (χ0) is 13.6. The minimum atomic E-state index is -2.89. The molecule has 0 aliphatic heterocycles. The van der Waals surface area contributed by atoms with Gasteiger partial charge in [0.25, 0.3) is 0 Å². The van der Waals surface area contributed by atoms with Gasteiger partial charge in [-0.2, -0.15) is 0 Å². The Hall–Kier alpha value is -0.390. The van der Waals surface area contributed by atoms with Crippen LogP contribution in [0.25, 0.3) is 0 Å². The number of hydrogen-bond acceptors (Lipinski definition) is 3. The lowest BCUT2D eigenvalue weighted by atomic mass is 9.96. The van der Waals surface area contributed by atoms with E-state index in [1.54, 1.807) is 0 Å². The summed E-state index contributed by atoms with van der Waals surface area (Å²) in [6.07, 6.45) is 3.38. The molecular formula is C13H19BrO3S. The van der Waals surface area contributed by atoms with Crippen molar-refractivity contribution >= 4 is 25.8 Å². The van der Waals surface area contributed by atoms with Crippen LogP contribution >= 0.6 is 15.9 Å². The van der Waals surface area contributed by atoms with Crippen LogP contribution in [0.3, 0.4) is 0 Å². The number of aliphatic hydroxyl groups excluding tert-OH is 1. The number of rotatable bonds is 7. The first-order valence-electron chi connectivity index (χ1n) is 5.94. The Morgan fingerprint density at radius 1 is 1.28 bits per heavy atom. The Morgan fingerprint density at radius 3 is 2.39 bits per heavy atom. The van der Waals surface area contributed by atoms with Crippen LogP contribution in [-0.2, 0) is 16.3 Å². The molecule has 1 aromatic carbocycles. The Labute approximate surface area is 117 Å². The highest BCUT2D eigenvalue weighted by Gasteiger charge is 2.10. The van der Waals surface area contributed by atoms with Gasteiger partial charge in [-0.1, -0.05) is 28.1 Å². The number of sulfone groups is 1. The van der Waals surface area contributed by atoms with Crippen LogP contribution in [0.1, 0.15) is 18.4 Å². The maximum Gasteiger partial charge on any atom is 0.147 e. The average molecular weight is 335 g/mol. The SMILES string of the molecule is CS(=O)(=O)CCCC(CO)Cc1ccc(Br)cc1. The highest BCUT2D eigenvalue weighted by Crippen LogP contribution is 2.17. The fraction of sp³-hybridized carbons (Fsp3) is 0.538. The Balaban J connectivity index is 2.44. The van der Waals surface area contributed by atoms with Crippen molar-refractivity contribution < 1.29 is 13.5 Å². The van der Waals surface area contributed by atoms with Gasteiger partial charge in [0.05, 0.1) is 0 Å². The molecule has 0 aromatic heterocycles. The van der Waals surface area contributed by atoms with E-state index in [-0.39, 0.29) is 18.3 Å². The lowest BCUT2D eigenvalue weighted by molar-refractivity contribution is 0.217. The number of aliphatic hydroxyl groups is 1. The summed E-state index contributed by atoms with van der Waals surface area (Å²) in [6, 6.07) is 7.98. The molecule has 18 heavy (non-hydrogen) atoms. The second-order valence-corrected chi connectivity index (χ2v) is 7.83. The van der Waals surface area contributed by atoms with E-state index < -0.39 is 9.84 Å². The third kappa shape index (κ3) is 6.52. The van der Waals surface area contributed by atoms with E-state index in [0.717, 1.165) is 22.9 Å². The lowest BCUT2D eigenvalue weighted by Gasteiger charge is -2.13. The van der Waals surface area contributed by atoms with Crippen molar-refractivity contribution in [2.75, 3.05) is 18.6 Å². The van der Waals surface area contributed by atoms with E-state index in [4.69, 9.17) is 0 Å². The standard InChI is InChI=1S/C13H19BrO3S/c1-18(16,17)8-2-3-12(10-15)9-11-4-6-13(14)7-5-11/h4-7,12,15H,2-3,8-10H2,1H3. The molecule has 1 aromatic rings. The topological polar surface area (TPSA) is 54.4 Å². The monoisotopic (exact) mass is 334 g/mol. The van der Waals surface area contributed by atoms with E-state index in [0.29, 0.717) is 6.42 Å². The first-order chi connectivity index (χ1) is 8.40. The summed E-state index contributed by atoms with van der Waals surface area (Å²) >= 11 is 3.38. The Bertz CT molecular complexity index is 454. The molecule has 0 bridgehead atoms. The minimum absolute atomic E-state index is 0.0970. The third-order valence-electron chi connectivity index (χ3n) is 2.82. The van der Waals surface area contributed by atoms with Gasteiger partial charge in [-0.25, -0.2) is 8.42 Å². The van der Waals surface area contributed by atoms with Crippen molar-refractivity contribution in [2.24, 2.45) is 5.92 Å². The molecule has 0 spiro atoms. The van der Waals surface area contributed by atoms with Gasteiger partial charge in [0.1, 0.15) is 9.84 Å². The fourth-order valence-corrected chi connectivity index (χ4v) is 2.80. The molecule has 0 saturated carbocycles. The van der Waals surface area contributed by atoms with Gasteiger partial charge >= 0.3 is 0 Å². The van der Waals surface area contributed by atoms with Crippen molar-refractivity contribution in [3.8, 4) is 0 Å². The lowest BCUT2D eigenvalue weighted by Crippen LogP contribution is -2.12. The maximum atomic E-state index is 11.0. The fourth-order valence-electron chi connectivity index (χ4n) is 1.85. The van der Waals surface area contributed by atoms with E-state index in [2.05, 4.69) is 15.9 Å². The minimum Gasteiger partial charge on any atom is -0.396 e. The largest absolute Gasteiger partial charge is 0.396 e. The van der Waals surface area contributed by atoms with Crippen LogP contribution < -0.4 is 0 Å². The maximum absolute atomic E-state index is 11.0. The summed E-state index contributed by atoms with van der Waals surface area (Å²) in [4.78, 5) is 0. The van der Waals surface area contributed by atoms with Crippen LogP contribution in [0.2, 0.25) is 0 Å². The Kier molecular flexibility index (Phi) is 6.32. The van der Waals surface area contributed by atoms with Crippen molar-refractivity contribution in [3.05, 3.63) is 34.3 Å². The molecule has 0 fully saturated rings. The zero-order valence-corrected chi connectivity index (χ0v) is 12.9. The summed E-state index contributed by atoms with van der Waals surface area (Å²) in [5, 5.41) is 9.31. The van der Waals surface area contributed by atoms with E-state index in [1.807, 2.05) is 24.3 Å². The zero-order valence-electron chi connectivity index (χ0n) is 10.5. The predicted molar refractivity (Wildman–Crippen MR) is 77.4 cm³/mol. The van der Waals surface area contributed by atoms with Crippen LogP contribution in [-0.4, -0.2) is 32.1 Å². The van der Waals surface area contributed by atoms with Gasteiger partial charge in [0, 0.05) is 23.1 Å². The quantitative estimate of drug-likeness (QED) is 0.833. The third-order valence-corrected chi connectivity index (χ3v) is 4.38. The van der Waals surface area contributed by atoms with Crippen molar-refractivity contribution in [1.82, 2.24) is 0 Å². The number of benzene rings is 1. The second-order valence-electron chi connectivity index (χ2n) is 4.65. The van der Waals surface area contributed by atoms with Crippen molar-refractivity contribution in [1.29, 1.82) is 0 Å². The number of halogens is 1. The summed E-state index contributed by atoms with van der Waals surface area (Å²) in [7, 11) is -2.89.